The molecule has 25 heavy (non-hydrogen) atoms. The first-order valence-corrected chi connectivity index (χ1v) is 8.73. The quantitative estimate of drug-likeness (QED) is 0.744. The summed E-state index contributed by atoms with van der Waals surface area (Å²) in [4.78, 5) is 6.92. The van der Waals surface area contributed by atoms with Gasteiger partial charge in [0.25, 0.3) is 0 Å². The molecular weight excluding hydrogens is 318 g/mol. The molecule has 0 radical (unpaired) electrons. The van der Waals surface area contributed by atoms with Crippen molar-refractivity contribution >= 4 is 11.1 Å². The highest BCUT2D eigenvalue weighted by Crippen LogP contribution is 2.23. The lowest BCUT2D eigenvalue weighted by Crippen LogP contribution is -2.42. The molecule has 6 nitrogen and oxygen atoms in total. The van der Waals surface area contributed by atoms with Crippen molar-refractivity contribution in [2.45, 2.75) is 19.5 Å². The van der Waals surface area contributed by atoms with Crippen LogP contribution < -0.4 is 5.32 Å². The minimum absolute atomic E-state index is 0.182. The molecule has 1 aliphatic rings. The lowest BCUT2D eigenvalue weighted by Gasteiger charge is -2.33. The fourth-order valence-corrected chi connectivity index (χ4v) is 3.24. The predicted molar refractivity (Wildman–Crippen MR) is 94.3 cm³/mol. The van der Waals surface area contributed by atoms with Gasteiger partial charge >= 0.3 is 0 Å². The highest BCUT2D eigenvalue weighted by Gasteiger charge is 2.25. The Labute approximate surface area is 146 Å². The van der Waals surface area contributed by atoms with Crippen LogP contribution in [0.4, 0.5) is 0 Å². The maximum atomic E-state index is 5.89. The standard InChI is InChI=1S/C19H23N3O3/c1-14-6-7-18(24-14)16(22-8-10-23-11-9-22)12-20-13-19-21-15-4-2-3-5-17(15)25-19/h2-7,16,20H,8-13H2,1H3/t16-/m1/s1. The van der Waals surface area contributed by atoms with Crippen LogP contribution in [0.1, 0.15) is 23.5 Å². The summed E-state index contributed by atoms with van der Waals surface area (Å²) >= 11 is 0. The average Bonchev–Trinajstić information content (AvgIpc) is 3.25. The maximum absolute atomic E-state index is 5.89. The van der Waals surface area contributed by atoms with Crippen molar-refractivity contribution in [3.05, 3.63) is 53.8 Å². The van der Waals surface area contributed by atoms with Crippen molar-refractivity contribution in [3.63, 3.8) is 0 Å². The van der Waals surface area contributed by atoms with Gasteiger partial charge in [0, 0.05) is 19.6 Å². The first kappa shape index (κ1) is 16.3. The molecule has 1 aromatic carbocycles. The normalized spacial score (nSPS) is 17.2. The Morgan fingerprint density at radius 1 is 1.12 bits per heavy atom. The van der Waals surface area contributed by atoms with Gasteiger partial charge in [-0.2, -0.15) is 0 Å². The molecule has 0 bridgehead atoms. The number of aromatic nitrogens is 1. The smallest absolute Gasteiger partial charge is 0.209 e. The van der Waals surface area contributed by atoms with E-state index in [1.165, 1.54) is 0 Å². The van der Waals surface area contributed by atoms with Gasteiger partial charge in [-0.15, -0.1) is 0 Å². The van der Waals surface area contributed by atoms with E-state index in [-0.39, 0.29) is 6.04 Å². The molecule has 3 aromatic rings. The van der Waals surface area contributed by atoms with Crippen molar-refractivity contribution < 1.29 is 13.6 Å². The first-order chi connectivity index (χ1) is 12.3. The van der Waals surface area contributed by atoms with Crippen LogP contribution >= 0.6 is 0 Å². The van der Waals surface area contributed by atoms with Crippen LogP contribution in [0, 0.1) is 6.92 Å². The van der Waals surface area contributed by atoms with Crippen molar-refractivity contribution in [3.8, 4) is 0 Å². The molecular formula is C19H23N3O3. The number of rotatable bonds is 6. The number of furan rings is 1. The Morgan fingerprint density at radius 3 is 2.72 bits per heavy atom. The summed E-state index contributed by atoms with van der Waals surface area (Å²) in [6, 6.07) is 12.1. The predicted octanol–water partition coefficient (Wildman–Crippen LogP) is 2.89. The van der Waals surface area contributed by atoms with Gasteiger partial charge in [-0.05, 0) is 31.2 Å². The summed E-state index contributed by atoms with van der Waals surface area (Å²) in [5.74, 6) is 2.63. The van der Waals surface area contributed by atoms with E-state index in [1.807, 2.05) is 37.3 Å². The minimum atomic E-state index is 0.182. The summed E-state index contributed by atoms with van der Waals surface area (Å²) in [5, 5.41) is 3.47. The summed E-state index contributed by atoms with van der Waals surface area (Å²) in [5.41, 5.74) is 1.72. The fraction of sp³-hybridized carbons (Fsp3) is 0.421. The SMILES string of the molecule is Cc1ccc([C@@H](CNCc2nc3ccccc3o2)N2CCOCC2)o1. The Morgan fingerprint density at radius 2 is 1.96 bits per heavy atom. The van der Waals surface area contributed by atoms with Crippen LogP contribution in [0.15, 0.2) is 45.2 Å². The molecule has 0 aliphatic carbocycles. The molecule has 3 heterocycles. The summed E-state index contributed by atoms with van der Waals surface area (Å²) < 4.78 is 17.1. The lowest BCUT2D eigenvalue weighted by atomic mass is 10.1. The van der Waals surface area contributed by atoms with Crippen LogP contribution in [0.5, 0.6) is 0 Å². The molecule has 0 saturated carbocycles. The highest BCUT2D eigenvalue weighted by atomic mass is 16.5. The average molecular weight is 341 g/mol. The number of fused-ring (bicyclic) bond motifs is 1. The fourth-order valence-electron chi connectivity index (χ4n) is 3.24. The monoisotopic (exact) mass is 341 g/mol. The van der Waals surface area contributed by atoms with E-state index >= 15 is 0 Å². The number of aryl methyl sites for hydroxylation is 1. The maximum Gasteiger partial charge on any atom is 0.209 e. The zero-order valence-corrected chi connectivity index (χ0v) is 14.4. The zero-order chi connectivity index (χ0) is 17.1. The number of morpholine rings is 1. The van der Waals surface area contributed by atoms with Crippen molar-refractivity contribution in [2.75, 3.05) is 32.8 Å². The topological polar surface area (TPSA) is 63.7 Å². The molecule has 1 saturated heterocycles. The number of nitrogens with zero attached hydrogens (tertiary/aromatic N) is 2. The van der Waals surface area contributed by atoms with E-state index in [4.69, 9.17) is 13.6 Å². The van der Waals surface area contributed by atoms with Gasteiger partial charge in [0.05, 0.1) is 25.8 Å². The van der Waals surface area contributed by atoms with Crippen molar-refractivity contribution in [2.24, 2.45) is 0 Å². The van der Waals surface area contributed by atoms with Crippen LogP contribution in [0.25, 0.3) is 11.1 Å². The number of hydrogen-bond acceptors (Lipinski definition) is 6. The third-order valence-electron chi connectivity index (χ3n) is 4.53. The van der Waals surface area contributed by atoms with E-state index in [9.17, 15) is 0 Å². The number of benzene rings is 1. The number of para-hydroxylation sites is 2. The molecule has 0 spiro atoms. The van der Waals surface area contributed by atoms with E-state index in [0.717, 1.165) is 55.5 Å². The van der Waals surface area contributed by atoms with Gasteiger partial charge in [-0.25, -0.2) is 4.98 Å². The Kier molecular flexibility index (Phi) is 4.83. The van der Waals surface area contributed by atoms with E-state index in [2.05, 4.69) is 21.3 Å². The number of ether oxygens (including phenoxy) is 1. The third-order valence-corrected chi connectivity index (χ3v) is 4.53. The van der Waals surface area contributed by atoms with Gasteiger partial charge in [0.15, 0.2) is 5.58 Å². The second-order valence-electron chi connectivity index (χ2n) is 6.32. The lowest BCUT2D eigenvalue weighted by molar-refractivity contribution is 0.0114. The summed E-state index contributed by atoms with van der Waals surface area (Å²) in [6.45, 7) is 6.69. The molecule has 1 atom stereocenters. The summed E-state index contributed by atoms with van der Waals surface area (Å²) in [6.07, 6.45) is 0. The molecule has 1 aliphatic heterocycles. The first-order valence-electron chi connectivity index (χ1n) is 8.73. The third kappa shape index (κ3) is 3.76. The van der Waals surface area contributed by atoms with Gasteiger partial charge in [-0.1, -0.05) is 12.1 Å². The van der Waals surface area contributed by atoms with Gasteiger partial charge in [0.2, 0.25) is 5.89 Å². The number of hydrogen-bond donors (Lipinski definition) is 1. The van der Waals surface area contributed by atoms with Crippen molar-refractivity contribution in [1.82, 2.24) is 15.2 Å². The highest BCUT2D eigenvalue weighted by molar-refractivity contribution is 5.72. The van der Waals surface area contributed by atoms with Crippen LogP contribution in [-0.2, 0) is 11.3 Å². The van der Waals surface area contributed by atoms with Crippen LogP contribution in [-0.4, -0.2) is 42.7 Å². The Balaban J connectivity index is 1.43. The van der Waals surface area contributed by atoms with Crippen LogP contribution in [0.3, 0.4) is 0 Å². The minimum Gasteiger partial charge on any atom is -0.465 e. The van der Waals surface area contributed by atoms with E-state index in [1.54, 1.807) is 0 Å². The summed E-state index contributed by atoms with van der Waals surface area (Å²) in [7, 11) is 0. The number of oxazole rings is 1. The molecule has 6 heteroatoms. The van der Waals surface area contributed by atoms with Gasteiger partial charge < -0.3 is 18.9 Å². The van der Waals surface area contributed by atoms with E-state index in [0.29, 0.717) is 12.4 Å². The molecule has 4 rings (SSSR count). The van der Waals surface area contributed by atoms with Gasteiger partial charge in [-0.3, -0.25) is 4.90 Å². The van der Waals surface area contributed by atoms with Gasteiger partial charge in [0.1, 0.15) is 17.0 Å². The molecule has 0 amide bonds. The van der Waals surface area contributed by atoms with Crippen molar-refractivity contribution in [1.29, 1.82) is 0 Å². The second-order valence-corrected chi connectivity index (χ2v) is 6.32. The Bertz CT molecular complexity index is 787. The zero-order valence-electron chi connectivity index (χ0n) is 14.4. The molecule has 1 N–H and O–H groups in total. The second kappa shape index (κ2) is 7.39. The molecule has 0 unspecified atom stereocenters. The molecule has 2 aromatic heterocycles. The van der Waals surface area contributed by atoms with Crippen LogP contribution in [0.2, 0.25) is 0 Å². The Hall–Kier alpha value is -2.15. The molecule has 132 valence electrons. The molecule has 1 fully saturated rings. The largest absolute Gasteiger partial charge is 0.465 e. The van der Waals surface area contributed by atoms with E-state index < -0.39 is 0 Å². The number of nitrogens with one attached hydrogen (secondary N) is 1.